The Bertz CT molecular complexity index is 813. The second kappa shape index (κ2) is 34.2. The first-order valence-electron chi connectivity index (χ1n) is 18.7. The molecule has 0 heterocycles. The molecule has 6 heteroatoms. The summed E-state index contributed by atoms with van der Waals surface area (Å²) in [5.41, 5.74) is 0. The third-order valence-corrected chi connectivity index (χ3v) is 7.88. The highest BCUT2D eigenvalue weighted by Crippen LogP contribution is 2.14. The average molecular weight is 647 g/mol. The summed E-state index contributed by atoms with van der Waals surface area (Å²) in [6.07, 6.45) is 37.7. The van der Waals surface area contributed by atoms with E-state index < -0.39 is 12.2 Å². The molecular formula is C40H70O6. The molecule has 0 spiro atoms. The van der Waals surface area contributed by atoms with Gasteiger partial charge in [0.05, 0.1) is 12.7 Å². The maximum absolute atomic E-state index is 12.1. The van der Waals surface area contributed by atoms with Crippen molar-refractivity contribution in [2.75, 3.05) is 13.2 Å². The van der Waals surface area contributed by atoms with Crippen molar-refractivity contribution < 1.29 is 29.3 Å². The monoisotopic (exact) mass is 647 g/mol. The quantitative estimate of drug-likeness (QED) is 0.0327. The summed E-state index contributed by atoms with van der Waals surface area (Å²) in [6.45, 7) is 6.31. The number of ether oxygens (including phenoxy) is 2. The molecular weight excluding hydrogens is 576 g/mol. The SMILES string of the molecule is CCCCC/C=C\C[C@@H](O)/C=C/C=C\C/C=C\CCCC(=O)OC[C@H](CO)OC(=O)CCCCCCCCCCCCCC(C)C. The fraction of sp³-hybridized carbons (Fsp3) is 0.750. The molecule has 0 radical (unpaired) electrons. The Labute approximate surface area is 282 Å². The lowest BCUT2D eigenvalue weighted by molar-refractivity contribution is -0.161. The van der Waals surface area contributed by atoms with Crippen LogP contribution in [0, 0.1) is 5.92 Å². The van der Waals surface area contributed by atoms with Crippen LogP contribution in [0.5, 0.6) is 0 Å². The highest BCUT2D eigenvalue weighted by Gasteiger charge is 2.16. The van der Waals surface area contributed by atoms with Gasteiger partial charge in [0.25, 0.3) is 0 Å². The molecule has 0 aromatic rings. The van der Waals surface area contributed by atoms with Gasteiger partial charge in [-0.05, 0) is 50.9 Å². The van der Waals surface area contributed by atoms with E-state index in [1.54, 1.807) is 6.08 Å². The molecule has 0 aliphatic carbocycles. The largest absolute Gasteiger partial charge is 0.462 e. The summed E-state index contributed by atoms with van der Waals surface area (Å²) < 4.78 is 10.5. The molecule has 2 N–H and O–H groups in total. The van der Waals surface area contributed by atoms with Gasteiger partial charge in [-0.1, -0.05) is 153 Å². The number of aliphatic hydroxyl groups is 2. The fourth-order valence-corrected chi connectivity index (χ4v) is 4.99. The van der Waals surface area contributed by atoms with Crippen molar-refractivity contribution in [3.63, 3.8) is 0 Å². The van der Waals surface area contributed by atoms with Crippen LogP contribution in [0.25, 0.3) is 0 Å². The van der Waals surface area contributed by atoms with E-state index in [0.717, 1.165) is 44.4 Å². The van der Waals surface area contributed by atoms with Crippen molar-refractivity contribution in [3.05, 3.63) is 48.6 Å². The zero-order valence-corrected chi connectivity index (χ0v) is 29.8. The van der Waals surface area contributed by atoms with Gasteiger partial charge in [0, 0.05) is 12.8 Å². The van der Waals surface area contributed by atoms with Crippen LogP contribution in [0.1, 0.15) is 162 Å². The molecule has 0 saturated heterocycles. The van der Waals surface area contributed by atoms with Gasteiger partial charge >= 0.3 is 11.9 Å². The predicted molar refractivity (Wildman–Crippen MR) is 193 cm³/mol. The topological polar surface area (TPSA) is 93.1 Å². The number of carbonyl (C=O) groups excluding carboxylic acids is 2. The minimum Gasteiger partial charge on any atom is -0.462 e. The Morgan fingerprint density at radius 1 is 0.674 bits per heavy atom. The number of unbranched alkanes of at least 4 members (excludes halogenated alkanes) is 14. The minimum absolute atomic E-state index is 0.114. The number of rotatable bonds is 32. The van der Waals surface area contributed by atoms with E-state index in [0.29, 0.717) is 19.3 Å². The molecule has 6 nitrogen and oxygen atoms in total. The van der Waals surface area contributed by atoms with E-state index >= 15 is 0 Å². The van der Waals surface area contributed by atoms with Crippen LogP contribution in [-0.2, 0) is 19.1 Å². The van der Waals surface area contributed by atoms with Crippen LogP contribution >= 0.6 is 0 Å². The van der Waals surface area contributed by atoms with Crippen molar-refractivity contribution in [2.24, 2.45) is 5.92 Å². The van der Waals surface area contributed by atoms with Crippen molar-refractivity contribution in [1.29, 1.82) is 0 Å². The summed E-state index contributed by atoms with van der Waals surface area (Å²) >= 11 is 0. The Balaban J connectivity index is 3.75. The van der Waals surface area contributed by atoms with Crippen molar-refractivity contribution in [3.8, 4) is 0 Å². The predicted octanol–water partition coefficient (Wildman–Crippen LogP) is 10.3. The van der Waals surface area contributed by atoms with E-state index in [1.165, 1.54) is 77.0 Å². The van der Waals surface area contributed by atoms with Crippen LogP contribution in [0.3, 0.4) is 0 Å². The standard InChI is InChI=1S/C40H70O6/c1-4-5-6-7-20-25-30-37(42)31-26-21-16-13-14-17-22-27-32-39(43)45-35-38(34-41)46-40(44)33-28-23-18-12-10-8-9-11-15-19-24-29-36(2)3/h14,16-17,20-21,25-26,31,36-38,41-42H,4-13,15,18-19,22-24,27-30,32-35H2,1-3H3/b17-14-,21-16-,25-20-,31-26+/t37-,38+/m1/s1. The van der Waals surface area contributed by atoms with Crippen LogP contribution in [0.15, 0.2) is 48.6 Å². The van der Waals surface area contributed by atoms with Gasteiger partial charge in [0.2, 0.25) is 0 Å². The second-order valence-corrected chi connectivity index (χ2v) is 13.0. The molecule has 0 unspecified atom stereocenters. The number of carbonyl (C=O) groups is 2. The molecule has 0 aliphatic heterocycles. The third-order valence-electron chi connectivity index (χ3n) is 7.88. The second-order valence-electron chi connectivity index (χ2n) is 13.0. The van der Waals surface area contributed by atoms with Crippen LogP contribution in [0.2, 0.25) is 0 Å². The van der Waals surface area contributed by atoms with E-state index in [-0.39, 0.29) is 31.6 Å². The molecule has 0 fully saturated rings. The highest BCUT2D eigenvalue weighted by atomic mass is 16.6. The lowest BCUT2D eigenvalue weighted by Gasteiger charge is -2.15. The van der Waals surface area contributed by atoms with E-state index in [4.69, 9.17) is 9.47 Å². The van der Waals surface area contributed by atoms with Gasteiger partial charge in [-0.2, -0.15) is 0 Å². The highest BCUT2D eigenvalue weighted by molar-refractivity contribution is 5.70. The van der Waals surface area contributed by atoms with Gasteiger partial charge in [0.1, 0.15) is 6.61 Å². The van der Waals surface area contributed by atoms with Crippen LogP contribution < -0.4 is 0 Å². The van der Waals surface area contributed by atoms with Crippen molar-refractivity contribution >= 4 is 11.9 Å². The molecule has 0 aromatic heterocycles. The van der Waals surface area contributed by atoms with E-state index in [1.807, 2.05) is 30.4 Å². The molecule has 0 bridgehead atoms. The first-order valence-corrected chi connectivity index (χ1v) is 18.7. The fourth-order valence-electron chi connectivity index (χ4n) is 4.99. The maximum atomic E-state index is 12.1. The van der Waals surface area contributed by atoms with Gasteiger partial charge in [0.15, 0.2) is 6.10 Å². The number of hydrogen-bond acceptors (Lipinski definition) is 6. The summed E-state index contributed by atoms with van der Waals surface area (Å²) in [5.74, 6) is 0.128. The Hall–Kier alpha value is -2.18. The zero-order valence-electron chi connectivity index (χ0n) is 29.8. The zero-order chi connectivity index (χ0) is 33.9. The lowest BCUT2D eigenvalue weighted by Crippen LogP contribution is -2.28. The normalized spacial score (nSPS) is 13.5. The number of allylic oxidation sites excluding steroid dienone is 6. The summed E-state index contributed by atoms with van der Waals surface area (Å²) in [6, 6.07) is 0. The number of hydrogen-bond donors (Lipinski definition) is 2. The van der Waals surface area contributed by atoms with Gasteiger partial charge in [-0.3, -0.25) is 9.59 Å². The smallest absolute Gasteiger partial charge is 0.306 e. The Kier molecular flexibility index (Phi) is 32.5. The molecule has 0 rings (SSSR count). The van der Waals surface area contributed by atoms with Crippen molar-refractivity contribution in [1.82, 2.24) is 0 Å². The number of esters is 2. The molecule has 0 amide bonds. The van der Waals surface area contributed by atoms with Gasteiger partial charge in [-0.15, -0.1) is 0 Å². The van der Waals surface area contributed by atoms with Crippen LogP contribution in [-0.4, -0.2) is 47.6 Å². The summed E-state index contributed by atoms with van der Waals surface area (Å²) in [5, 5.41) is 19.5. The maximum Gasteiger partial charge on any atom is 0.306 e. The third kappa shape index (κ3) is 33.2. The average Bonchev–Trinajstić information content (AvgIpc) is 3.03. The first kappa shape index (κ1) is 43.8. The molecule has 0 aromatic carbocycles. The molecule has 0 saturated carbocycles. The Morgan fingerprint density at radius 3 is 1.93 bits per heavy atom. The number of aliphatic hydroxyl groups excluding tert-OH is 2. The van der Waals surface area contributed by atoms with Crippen molar-refractivity contribution in [2.45, 2.75) is 174 Å². The Morgan fingerprint density at radius 2 is 1.28 bits per heavy atom. The summed E-state index contributed by atoms with van der Waals surface area (Å²) in [7, 11) is 0. The van der Waals surface area contributed by atoms with Gasteiger partial charge < -0.3 is 19.7 Å². The molecule has 2 atom stereocenters. The van der Waals surface area contributed by atoms with E-state index in [2.05, 4.69) is 32.9 Å². The lowest BCUT2D eigenvalue weighted by atomic mass is 10.0. The summed E-state index contributed by atoms with van der Waals surface area (Å²) in [4.78, 5) is 24.2. The van der Waals surface area contributed by atoms with Gasteiger partial charge in [-0.25, -0.2) is 0 Å². The van der Waals surface area contributed by atoms with E-state index in [9.17, 15) is 19.8 Å². The molecule has 266 valence electrons. The molecule has 46 heavy (non-hydrogen) atoms. The first-order chi connectivity index (χ1) is 22.4. The van der Waals surface area contributed by atoms with Crippen LogP contribution in [0.4, 0.5) is 0 Å². The minimum atomic E-state index is -0.810. The molecule has 0 aliphatic rings.